The van der Waals surface area contributed by atoms with E-state index in [4.69, 9.17) is 9.47 Å². The van der Waals surface area contributed by atoms with E-state index in [0.29, 0.717) is 31.0 Å². The molecule has 116 valence electrons. The van der Waals surface area contributed by atoms with Gasteiger partial charge in [-0.15, -0.1) is 0 Å². The van der Waals surface area contributed by atoms with E-state index in [0.717, 1.165) is 12.2 Å². The van der Waals surface area contributed by atoms with Gasteiger partial charge in [-0.3, -0.25) is 14.9 Å². The van der Waals surface area contributed by atoms with Crippen LogP contribution in [0.3, 0.4) is 0 Å². The third-order valence-corrected chi connectivity index (χ3v) is 3.72. The Morgan fingerprint density at radius 3 is 3.05 bits per heavy atom. The lowest BCUT2D eigenvalue weighted by Gasteiger charge is -2.32. The van der Waals surface area contributed by atoms with Crippen molar-refractivity contribution < 1.29 is 13.9 Å². The van der Waals surface area contributed by atoms with E-state index in [1.165, 1.54) is 13.2 Å². The van der Waals surface area contributed by atoms with Crippen molar-refractivity contribution in [1.82, 2.24) is 14.9 Å². The smallest absolute Gasteiger partial charge is 0.131 e. The maximum Gasteiger partial charge on any atom is 0.131 e. The van der Waals surface area contributed by atoms with Gasteiger partial charge in [-0.25, -0.2) is 4.39 Å². The van der Waals surface area contributed by atoms with Crippen LogP contribution in [0.5, 0.6) is 5.75 Å². The highest BCUT2D eigenvalue weighted by atomic mass is 19.1. The highest BCUT2D eigenvalue weighted by Crippen LogP contribution is 2.23. The third kappa shape index (κ3) is 3.40. The van der Waals surface area contributed by atoms with Gasteiger partial charge in [0.25, 0.3) is 0 Å². The largest absolute Gasteiger partial charge is 0.497 e. The Bertz CT molecular complexity index is 624. The Kier molecular flexibility index (Phi) is 4.60. The number of hydrogen-bond donors (Lipinski definition) is 0. The van der Waals surface area contributed by atoms with Gasteiger partial charge < -0.3 is 9.47 Å². The van der Waals surface area contributed by atoms with Gasteiger partial charge in [-0.2, -0.15) is 0 Å². The van der Waals surface area contributed by atoms with Crippen molar-refractivity contribution in [2.24, 2.45) is 0 Å². The Morgan fingerprint density at radius 2 is 2.32 bits per heavy atom. The van der Waals surface area contributed by atoms with Crippen molar-refractivity contribution in [1.29, 1.82) is 0 Å². The van der Waals surface area contributed by atoms with E-state index in [1.807, 2.05) is 0 Å². The normalized spacial score (nSPS) is 19.1. The number of methoxy groups -OCH3 is 1. The summed E-state index contributed by atoms with van der Waals surface area (Å²) in [4.78, 5) is 10.5. The van der Waals surface area contributed by atoms with E-state index >= 15 is 0 Å². The molecule has 2 heterocycles. The van der Waals surface area contributed by atoms with Crippen molar-refractivity contribution >= 4 is 0 Å². The number of rotatable bonds is 4. The Hall–Kier alpha value is -2.05. The molecule has 22 heavy (non-hydrogen) atoms. The zero-order valence-corrected chi connectivity index (χ0v) is 12.4. The van der Waals surface area contributed by atoms with Gasteiger partial charge in [-0.1, -0.05) is 6.07 Å². The number of benzene rings is 1. The predicted molar refractivity (Wildman–Crippen MR) is 79.0 cm³/mol. The lowest BCUT2D eigenvalue weighted by Crippen LogP contribution is -2.38. The fraction of sp³-hybridized carbons (Fsp3) is 0.375. The molecule has 1 aliphatic heterocycles. The molecule has 1 aromatic carbocycles. The molecule has 1 aliphatic rings. The number of ether oxygens (including phenoxy) is 2. The Morgan fingerprint density at radius 1 is 1.41 bits per heavy atom. The van der Waals surface area contributed by atoms with Gasteiger partial charge in [0.2, 0.25) is 0 Å². The molecule has 0 saturated carbocycles. The molecule has 0 bridgehead atoms. The molecular weight excluding hydrogens is 285 g/mol. The summed E-state index contributed by atoms with van der Waals surface area (Å²) in [7, 11) is 1.53. The third-order valence-electron chi connectivity index (χ3n) is 3.72. The highest BCUT2D eigenvalue weighted by Gasteiger charge is 2.23. The predicted octanol–water partition coefficient (Wildman–Crippen LogP) is 2.20. The molecular formula is C16H18FN3O2. The average Bonchev–Trinajstić information content (AvgIpc) is 2.58. The van der Waals surface area contributed by atoms with Gasteiger partial charge >= 0.3 is 0 Å². The SMILES string of the molecule is COc1ccc(CN2CCOC(c3cnccn3)C2)c(F)c1. The van der Waals surface area contributed by atoms with Crippen LogP contribution in [0, 0.1) is 5.82 Å². The molecule has 2 aromatic rings. The van der Waals surface area contributed by atoms with E-state index in [2.05, 4.69) is 14.9 Å². The first kappa shape index (κ1) is 14.9. The lowest BCUT2D eigenvalue weighted by molar-refractivity contribution is -0.0354. The van der Waals surface area contributed by atoms with Gasteiger partial charge in [-0.05, 0) is 6.07 Å². The number of hydrogen-bond acceptors (Lipinski definition) is 5. The second kappa shape index (κ2) is 6.81. The van der Waals surface area contributed by atoms with Crippen molar-refractivity contribution in [2.45, 2.75) is 12.6 Å². The summed E-state index contributed by atoms with van der Waals surface area (Å²) < 4.78 is 24.8. The van der Waals surface area contributed by atoms with Gasteiger partial charge in [0.15, 0.2) is 0 Å². The van der Waals surface area contributed by atoms with Crippen molar-refractivity contribution in [3.63, 3.8) is 0 Å². The molecule has 1 aromatic heterocycles. The number of aromatic nitrogens is 2. The molecule has 0 amide bonds. The zero-order chi connectivity index (χ0) is 15.4. The maximum absolute atomic E-state index is 14.1. The van der Waals surface area contributed by atoms with Crippen LogP contribution in [-0.2, 0) is 11.3 Å². The molecule has 6 heteroatoms. The van der Waals surface area contributed by atoms with Gasteiger partial charge in [0.1, 0.15) is 17.7 Å². The van der Waals surface area contributed by atoms with E-state index < -0.39 is 0 Å². The van der Waals surface area contributed by atoms with E-state index in [-0.39, 0.29) is 11.9 Å². The maximum atomic E-state index is 14.1. The molecule has 0 radical (unpaired) electrons. The molecule has 1 unspecified atom stereocenters. The monoisotopic (exact) mass is 303 g/mol. The van der Waals surface area contributed by atoms with Crippen LogP contribution >= 0.6 is 0 Å². The number of morpholine rings is 1. The molecule has 3 rings (SSSR count). The van der Waals surface area contributed by atoms with Crippen molar-refractivity contribution in [3.8, 4) is 5.75 Å². The second-order valence-corrected chi connectivity index (χ2v) is 5.18. The Labute approximate surface area is 128 Å². The quantitative estimate of drug-likeness (QED) is 0.866. The fourth-order valence-corrected chi connectivity index (χ4v) is 2.53. The average molecular weight is 303 g/mol. The summed E-state index contributed by atoms with van der Waals surface area (Å²) in [6, 6.07) is 4.95. The van der Waals surface area contributed by atoms with Gasteiger partial charge in [0.05, 0.1) is 25.6 Å². The van der Waals surface area contributed by atoms with Crippen molar-refractivity contribution in [2.75, 3.05) is 26.8 Å². The Balaban J connectivity index is 1.68. The van der Waals surface area contributed by atoms with Crippen LogP contribution in [0.2, 0.25) is 0 Å². The molecule has 0 spiro atoms. The van der Waals surface area contributed by atoms with Crippen LogP contribution in [0.1, 0.15) is 17.4 Å². The molecule has 0 N–H and O–H groups in total. The van der Waals surface area contributed by atoms with Crippen LogP contribution < -0.4 is 4.74 Å². The summed E-state index contributed by atoms with van der Waals surface area (Å²) in [5.41, 5.74) is 1.46. The summed E-state index contributed by atoms with van der Waals surface area (Å²) >= 11 is 0. The first-order chi connectivity index (χ1) is 10.8. The van der Waals surface area contributed by atoms with Crippen LogP contribution in [0.25, 0.3) is 0 Å². The first-order valence-electron chi connectivity index (χ1n) is 7.18. The van der Waals surface area contributed by atoms with Crippen LogP contribution in [0.15, 0.2) is 36.8 Å². The molecule has 1 atom stereocenters. The summed E-state index contributed by atoms with van der Waals surface area (Å²) in [6.45, 7) is 2.57. The minimum absolute atomic E-state index is 0.122. The molecule has 1 saturated heterocycles. The molecule has 1 fully saturated rings. The second-order valence-electron chi connectivity index (χ2n) is 5.18. The topological polar surface area (TPSA) is 47.5 Å². The molecule has 5 nitrogen and oxygen atoms in total. The lowest BCUT2D eigenvalue weighted by atomic mass is 10.1. The first-order valence-corrected chi connectivity index (χ1v) is 7.18. The van der Waals surface area contributed by atoms with E-state index in [1.54, 1.807) is 30.7 Å². The standard InChI is InChI=1S/C16H18FN3O2/c1-21-13-3-2-12(14(17)8-13)10-20-6-7-22-16(11-20)15-9-18-4-5-19-15/h2-5,8-9,16H,6-7,10-11H2,1H3. The zero-order valence-electron chi connectivity index (χ0n) is 12.4. The minimum Gasteiger partial charge on any atom is -0.497 e. The number of nitrogens with zero attached hydrogens (tertiary/aromatic N) is 3. The summed E-state index contributed by atoms with van der Waals surface area (Å²) in [5.74, 6) is 0.280. The van der Waals surface area contributed by atoms with Crippen LogP contribution in [0.4, 0.5) is 4.39 Å². The van der Waals surface area contributed by atoms with Crippen LogP contribution in [-0.4, -0.2) is 41.7 Å². The van der Waals surface area contributed by atoms with Crippen molar-refractivity contribution in [3.05, 3.63) is 53.9 Å². The fourth-order valence-electron chi connectivity index (χ4n) is 2.53. The number of halogens is 1. The van der Waals surface area contributed by atoms with Gasteiger partial charge in [0, 0.05) is 43.7 Å². The minimum atomic E-state index is -0.248. The summed E-state index contributed by atoms with van der Waals surface area (Å²) in [5, 5.41) is 0. The molecule has 0 aliphatic carbocycles. The summed E-state index contributed by atoms with van der Waals surface area (Å²) in [6.07, 6.45) is 4.88. The van der Waals surface area contributed by atoms with E-state index in [9.17, 15) is 4.39 Å². The highest BCUT2D eigenvalue weighted by molar-refractivity contribution is 5.28.